The number of carbonyl (C=O) groups excluding carboxylic acids is 1. The quantitative estimate of drug-likeness (QED) is 0.532. The van der Waals surface area contributed by atoms with Crippen molar-refractivity contribution in [1.29, 1.82) is 0 Å². The van der Waals surface area contributed by atoms with E-state index >= 15 is 0 Å². The van der Waals surface area contributed by atoms with Crippen LogP contribution >= 0.6 is 11.6 Å². The molecule has 0 heterocycles. The highest BCUT2D eigenvalue weighted by Crippen LogP contribution is 2.23. The zero-order valence-corrected chi connectivity index (χ0v) is 7.47. The number of alkyl halides is 1. The van der Waals surface area contributed by atoms with Gasteiger partial charge in [-0.2, -0.15) is 0 Å². The molecule has 1 aromatic rings. The van der Waals surface area contributed by atoms with E-state index < -0.39 is 0 Å². The molecule has 3 heteroatoms. The fourth-order valence-corrected chi connectivity index (χ4v) is 1.26. The Morgan fingerprint density at radius 2 is 2.33 bits per heavy atom. The number of rotatable bonds is 3. The number of benzene rings is 1. The molecular formula is C9H9ClO2. The lowest BCUT2D eigenvalue weighted by atomic mass is 10.1. The molecule has 0 aromatic heterocycles. The van der Waals surface area contributed by atoms with E-state index in [1.165, 1.54) is 7.11 Å². The minimum absolute atomic E-state index is 0.352. The van der Waals surface area contributed by atoms with Gasteiger partial charge in [0.2, 0.25) is 0 Å². The van der Waals surface area contributed by atoms with Crippen LogP contribution in [0, 0.1) is 0 Å². The van der Waals surface area contributed by atoms with Gasteiger partial charge in [0.1, 0.15) is 5.75 Å². The minimum Gasteiger partial charge on any atom is -0.496 e. The number of methoxy groups -OCH3 is 1. The molecule has 0 radical (unpaired) electrons. The highest BCUT2D eigenvalue weighted by molar-refractivity contribution is 6.17. The minimum atomic E-state index is 0.352. The van der Waals surface area contributed by atoms with Gasteiger partial charge in [0.25, 0.3) is 0 Å². The van der Waals surface area contributed by atoms with Gasteiger partial charge in [0.05, 0.1) is 18.6 Å². The number of para-hydroxylation sites is 1. The third-order valence-corrected chi connectivity index (χ3v) is 1.89. The van der Waals surface area contributed by atoms with E-state index in [9.17, 15) is 4.79 Å². The Kier molecular flexibility index (Phi) is 3.11. The molecule has 0 aliphatic carbocycles. The van der Waals surface area contributed by atoms with Crippen molar-refractivity contribution in [3.05, 3.63) is 29.3 Å². The second kappa shape index (κ2) is 4.12. The summed E-state index contributed by atoms with van der Waals surface area (Å²) in [4.78, 5) is 10.5. The number of ether oxygens (including phenoxy) is 1. The first kappa shape index (κ1) is 9.07. The summed E-state index contributed by atoms with van der Waals surface area (Å²) in [6.07, 6.45) is 0.759. The summed E-state index contributed by atoms with van der Waals surface area (Å²) in [5, 5.41) is 0. The van der Waals surface area contributed by atoms with Crippen LogP contribution in [-0.2, 0) is 5.88 Å². The number of halogens is 1. The summed E-state index contributed by atoms with van der Waals surface area (Å²) >= 11 is 5.64. The monoisotopic (exact) mass is 184 g/mol. The second-order valence-corrected chi connectivity index (χ2v) is 2.56. The number of aldehydes is 1. The van der Waals surface area contributed by atoms with Gasteiger partial charge in [0.15, 0.2) is 6.29 Å². The lowest BCUT2D eigenvalue weighted by Gasteiger charge is -2.06. The standard InChI is InChI=1S/C9H9ClO2/c1-12-9-7(5-10)3-2-4-8(9)6-11/h2-4,6H,5H2,1H3. The van der Waals surface area contributed by atoms with E-state index in [1.807, 2.05) is 6.07 Å². The van der Waals surface area contributed by atoms with Crippen LogP contribution in [0.3, 0.4) is 0 Å². The third kappa shape index (κ3) is 1.59. The fourth-order valence-electron chi connectivity index (χ4n) is 1.05. The first-order valence-corrected chi connectivity index (χ1v) is 4.04. The van der Waals surface area contributed by atoms with Gasteiger partial charge < -0.3 is 4.74 Å². The van der Waals surface area contributed by atoms with E-state index in [1.54, 1.807) is 12.1 Å². The Balaban J connectivity index is 3.21. The summed E-state index contributed by atoms with van der Waals surface area (Å²) in [6, 6.07) is 5.31. The molecule has 1 aromatic carbocycles. The maximum atomic E-state index is 10.5. The molecule has 0 fully saturated rings. The molecule has 0 aliphatic heterocycles. The molecular weight excluding hydrogens is 176 g/mol. The van der Waals surface area contributed by atoms with Crippen molar-refractivity contribution in [2.24, 2.45) is 0 Å². The molecule has 0 N–H and O–H groups in total. The summed E-state index contributed by atoms with van der Waals surface area (Å²) in [7, 11) is 1.53. The van der Waals surface area contributed by atoms with Crippen LogP contribution in [0.1, 0.15) is 15.9 Å². The zero-order valence-electron chi connectivity index (χ0n) is 6.71. The van der Waals surface area contributed by atoms with Crippen LogP contribution in [0.15, 0.2) is 18.2 Å². The summed E-state index contributed by atoms with van der Waals surface area (Å²) in [5.74, 6) is 0.924. The average molecular weight is 185 g/mol. The predicted octanol–water partition coefficient (Wildman–Crippen LogP) is 2.25. The van der Waals surface area contributed by atoms with E-state index in [0.29, 0.717) is 17.2 Å². The SMILES string of the molecule is COc1c(C=O)cccc1CCl. The molecule has 0 spiro atoms. The number of carbonyl (C=O) groups is 1. The van der Waals surface area contributed by atoms with Crippen molar-refractivity contribution < 1.29 is 9.53 Å². The largest absolute Gasteiger partial charge is 0.496 e. The van der Waals surface area contributed by atoms with Crippen LogP contribution in [0.2, 0.25) is 0 Å². The Labute approximate surface area is 76.1 Å². The van der Waals surface area contributed by atoms with Crippen molar-refractivity contribution in [2.75, 3.05) is 7.11 Å². The first-order valence-electron chi connectivity index (χ1n) is 3.50. The fraction of sp³-hybridized carbons (Fsp3) is 0.222. The van der Waals surface area contributed by atoms with Crippen molar-refractivity contribution in [3.63, 3.8) is 0 Å². The number of hydrogen-bond acceptors (Lipinski definition) is 2. The molecule has 1 rings (SSSR count). The summed E-state index contributed by atoms with van der Waals surface area (Å²) in [6.45, 7) is 0. The molecule has 0 unspecified atom stereocenters. The van der Waals surface area contributed by atoms with Crippen LogP contribution < -0.4 is 4.74 Å². The van der Waals surface area contributed by atoms with Crippen molar-refractivity contribution in [3.8, 4) is 5.75 Å². The van der Waals surface area contributed by atoms with Gasteiger partial charge in [-0.3, -0.25) is 4.79 Å². The van der Waals surface area contributed by atoms with Crippen LogP contribution in [0.4, 0.5) is 0 Å². The first-order chi connectivity index (χ1) is 5.83. The maximum absolute atomic E-state index is 10.5. The predicted molar refractivity (Wildman–Crippen MR) is 47.9 cm³/mol. The van der Waals surface area contributed by atoms with Gasteiger partial charge in [-0.15, -0.1) is 11.6 Å². The maximum Gasteiger partial charge on any atom is 0.153 e. The van der Waals surface area contributed by atoms with Gasteiger partial charge in [-0.05, 0) is 6.07 Å². The lowest BCUT2D eigenvalue weighted by Crippen LogP contribution is -1.94. The van der Waals surface area contributed by atoms with Crippen LogP contribution in [-0.4, -0.2) is 13.4 Å². The van der Waals surface area contributed by atoms with Gasteiger partial charge in [0, 0.05) is 5.56 Å². The Bertz CT molecular complexity index is 284. The molecule has 12 heavy (non-hydrogen) atoms. The molecule has 0 atom stereocenters. The highest BCUT2D eigenvalue weighted by Gasteiger charge is 2.05. The van der Waals surface area contributed by atoms with Crippen LogP contribution in [0.5, 0.6) is 5.75 Å². The molecule has 0 aliphatic rings. The smallest absolute Gasteiger partial charge is 0.153 e. The second-order valence-electron chi connectivity index (χ2n) is 2.29. The molecule has 64 valence electrons. The van der Waals surface area contributed by atoms with Gasteiger partial charge in [-0.25, -0.2) is 0 Å². The summed E-state index contributed by atoms with van der Waals surface area (Å²) in [5.41, 5.74) is 1.37. The average Bonchev–Trinajstić information content (AvgIpc) is 2.16. The Morgan fingerprint density at radius 1 is 1.58 bits per heavy atom. The van der Waals surface area contributed by atoms with Gasteiger partial charge >= 0.3 is 0 Å². The Morgan fingerprint density at radius 3 is 2.83 bits per heavy atom. The van der Waals surface area contributed by atoms with Crippen molar-refractivity contribution in [2.45, 2.75) is 5.88 Å². The third-order valence-electron chi connectivity index (χ3n) is 1.60. The topological polar surface area (TPSA) is 26.3 Å². The van der Waals surface area contributed by atoms with Crippen molar-refractivity contribution >= 4 is 17.9 Å². The molecule has 0 saturated heterocycles. The Hall–Kier alpha value is -1.02. The van der Waals surface area contributed by atoms with Gasteiger partial charge in [-0.1, -0.05) is 12.1 Å². The zero-order chi connectivity index (χ0) is 8.97. The summed E-state index contributed by atoms with van der Waals surface area (Å²) < 4.78 is 5.04. The molecule has 0 saturated carbocycles. The molecule has 0 amide bonds. The van der Waals surface area contributed by atoms with E-state index in [4.69, 9.17) is 16.3 Å². The highest BCUT2D eigenvalue weighted by atomic mass is 35.5. The molecule has 0 bridgehead atoms. The van der Waals surface area contributed by atoms with Crippen LogP contribution in [0.25, 0.3) is 0 Å². The lowest BCUT2D eigenvalue weighted by molar-refractivity contribution is 0.112. The molecule has 2 nitrogen and oxygen atoms in total. The van der Waals surface area contributed by atoms with E-state index in [-0.39, 0.29) is 0 Å². The van der Waals surface area contributed by atoms with E-state index in [2.05, 4.69) is 0 Å². The van der Waals surface area contributed by atoms with E-state index in [0.717, 1.165) is 11.8 Å². The number of hydrogen-bond donors (Lipinski definition) is 0. The van der Waals surface area contributed by atoms with Crippen molar-refractivity contribution in [1.82, 2.24) is 0 Å². The normalized spacial score (nSPS) is 9.50.